The molecule has 0 fully saturated rings. The molecule has 1 aromatic heterocycles. The highest BCUT2D eigenvalue weighted by molar-refractivity contribution is 6.36. The number of aromatic nitrogens is 1. The number of anilines is 2. The molecule has 0 aliphatic rings. The van der Waals surface area contributed by atoms with E-state index < -0.39 is 0 Å². The highest BCUT2D eigenvalue weighted by Crippen LogP contribution is 2.27. The van der Waals surface area contributed by atoms with Crippen LogP contribution >= 0.6 is 23.2 Å². The first-order valence-electron chi connectivity index (χ1n) is 6.98. The van der Waals surface area contributed by atoms with Gasteiger partial charge in [0.15, 0.2) is 0 Å². The largest absolute Gasteiger partial charge is 0.353 e. The van der Waals surface area contributed by atoms with E-state index in [1.807, 2.05) is 13.8 Å². The first kappa shape index (κ1) is 16.6. The minimum Gasteiger partial charge on any atom is -0.353 e. The lowest BCUT2D eigenvalue weighted by Gasteiger charge is -2.12. The second-order valence-corrected chi connectivity index (χ2v) is 5.81. The van der Waals surface area contributed by atoms with Gasteiger partial charge in [-0.25, -0.2) is 4.98 Å². The maximum atomic E-state index is 11.9. The fraction of sp³-hybridized carbons (Fsp3) is 0.250. The number of pyridine rings is 1. The number of hydrogen-bond donors (Lipinski definition) is 2. The highest BCUT2D eigenvalue weighted by Gasteiger charge is 2.10. The molecule has 1 heterocycles. The molecular weight excluding hydrogens is 321 g/mol. The van der Waals surface area contributed by atoms with Crippen LogP contribution in [-0.4, -0.2) is 16.9 Å². The van der Waals surface area contributed by atoms with E-state index in [0.29, 0.717) is 15.7 Å². The van der Waals surface area contributed by atoms with Gasteiger partial charge in [-0.05, 0) is 43.7 Å². The van der Waals surface area contributed by atoms with Gasteiger partial charge in [-0.3, -0.25) is 4.79 Å². The summed E-state index contributed by atoms with van der Waals surface area (Å²) in [5.41, 5.74) is 1.85. The maximum Gasteiger partial charge on any atom is 0.270 e. The molecule has 2 N–H and O–H groups in total. The zero-order valence-electron chi connectivity index (χ0n) is 12.4. The Hall–Kier alpha value is -1.78. The average Bonchev–Trinajstić information content (AvgIpc) is 2.50. The van der Waals surface area contributed by atoms with Crippen LogP contribution in [0.1, 0.15) is 30.8 Å². The van der Waals surface area contributed by atoms with Crippen molar-refractivity contribution in [3.05, 3.63) is 52.3 Å². The molecule has 2 rings (SSSR count). The van der Waals surface area contributed by atoms with Gasteiger partial charge in [-0.2, -0.15) is 0 Å². The van der Waals surface area contributed by atoms with Gasteiger partial charge < -0.3 is 10.6 Å². The van der Waals surface area contributed by atoms with Crippen LogP contribution in [0.15, 0.2) is 36.5 Å². The van der Waals surface area contributed by atoms with Crippen LogP contribution in [0.5, 0.6) is 0 Å². The molecular formula is C16H17Cl2N3O. The predicted octanol–water partition coefficient (Wildman–Crippen LogP) is 4.66. The number of rotatable bonds is 5. The third kappa shape index (κ3) is 4.36. The summed E-state index contributed by atoms with van der Waals surface area (Å²) in [6.45, 7) is 3.97. The van der Waals surface area contributed by atoms with Crippen molar-refractivity contribution in [3.8, 4) is 0 Å². The molecule has 0 spiro atoms. The van der Waals surface area contributed by atoms with Gasteiger partial charge in [-0.15, -0.1) is 0 Å². The summed E-state index contributed by atoms with van der Waals surface area (Å²) in [5, 5.41) is 7.10. The lowest BCUT2D eigenvalue weighted by atomic mass is 10.2. The van der Waals surface area contributed by atoms with Crippen molar-refractivity contribution in [2.24, 2.45) is 0 Å². The van der Waals surface area contributed by atoms with Gasteiger partial charge in [0.2, 0.25) is 0 Å². The van der Waals surface area contributed by atoms with Crippen LogP contribution in [0.4, 0.5) is 11.4 Å². The van der Waals surface area contributed by atoms with Gasteiger partial charge in [0.05, 0.1) is 22.6 Å². The smallest absolute Gasteiger partial charge is 0.270 e. The molecule has 0 bridgehead atoms. The Morgan fingerprint density at radius 1 is 1.27 bits per heavy atom. The van der Waals surface area contributed by atoms with Crippen LogP contribution in [0, 0.1) is 0 Å². The van der Waals surface area contributed by atoms with Crippen LogP contribution < -0.4 is 10.6 Å². The molecule has 0 aliphatic carbocycles. The number of amides is 1. The molecule has 0 saturated heterocycles. The first-order chi connectivity index (χ1) is 10.5. The third-order valence-corrected chi connectivity index (χ3v) is 3.74. The molecule has 1 atom stereocenters. The zero-order chi connectivity index (χ0) is 16.1. The first-order valence-corrected chi connectivity index (χ1v) is 7.74. The van der Waals surface area contributed by atoms with Crippen LogP contribution in [0.3, 0.4) is 0 Å². The summed E-state index contributed by atoms with van der Waals surface area (Å²) in [5.74, 6) is -0.176. The highest BCUT2D eigenvalue weighted by atomic mass is 35.5. The molecule has 0 aliphatic heterocycles. The van der Waals surface area contributed by atoms with Crippen molar-refractivity contribution in [1.29, 1.82) is 0 Å². The average molecular weight is 338 g/mol. The monoisotopic (exact) mass is 337 g/mol. The van der Waals surface area contributed by atoms with Crippen molar-refractivity contribution in [3.63, 3.8) is 0 Å². The van der Waals surface area contributed by atoms with E-state index >= 15 is 0 Å². The molecule has 4 nitrogen and oxygen atoms in total. The molecule has 22 heavy (non-hydrogen) atoms. The predicted molar refractivity (Wildman–Crippen MR) is 91.2 cm³/mol. The molecule has 0 saturated carbocycles. The number of carbonyl (C=O) groups is 1. The van der Waals surface area contributed by atoms with E-state index in [9.17, 15) is 4.79 Å². The normalized spacial score (nSPS) is 11.8. The van der Waals surface area contributed by atoms with Crippen molar-refractivity contribution in [2.75, 3.05) is 5.32 Å². The van der Waals surface area contributed by atoms with E-state index in [0.717, 1.165) is 17.8 Å². The van der Waals surface area contributed by atoms with E-state index in [1.165, 1.54) is 0 Å². The lowest BCUT2D eigenvalue weighted by Crippen LogP contribution is -2.32. The number of carbonyl (C=O) groups excluding carboxylic acids is 1. The summed E-state index contributed by atoms with van der Waals surface area (Å²) in [6.07, 6.45) is 2.47. The lowest BCUT2D eigenvalue weighted by molar-refractivity contribution is 0.0934. The van der Waals surface area contributed by atoms with Crippen LogP contribution in [0.2, 0.25) is 10.0 Å². The van der Waals surface area contributed by atoms with E-state index in [1.54, 1.807) is 36.5 Å². The van der Waals surface area contributed by atoms with Crippen LogP contribution in [-0.2, 0) is 0 Å². The standard InChI is InChI=1S/C16H17Cl2N3O/c1-3-10(2)20-16(22)15-7-5-12(9-19-15)21-14-6-4-11(17)8-13(14)18/h4-10,21H,3H2,1-2H3,(H,20,22). The molecule has 1 aromatic carbocycles. The van der Waals surface area contributed by atoms with Crippen molar-refractivity contribution in [2.45, 2.75) is 26.3 Å². The molecule has 6 heteroatoms. The van der Waals surface area contributed by atoms with Crippen molar-refractivity contribution < 1.29 is 4.79 Å². The van der Waals surface area contributed by atoms with Crippen molar-refractivity contribution >= 4 is 40.5 Å². The Labute approximate surface area is 139 Å². The summed E-state index contributed by atoms with van der Waals surface area (Å²) in [7, 11) is 0. The number of benzene rings is 1. The summed E-state index contributed by atoms with van der Waals surface area (Å²) in [6, 6.07) is 8.77. The Morgan fingerprint density at radius 3 is 2.64 bits per heavy atom. The minimum atomic E-state index is -0.176. The van der Waals surface area contributed by atoms with Crippen LogP contribution in [0.25, 0.3) is 0 Å². The minimum absolute atomic E-state index is 0.125. The Kier molecular flexibility index (Phi) is 5.63. The number of halogens is 2. The fourth-order valence-corrected chi connectivity index (χ4v) is 2.20. The maximum absolute atomic E-state index is 11.9. The summed E-state index contributed by atoms with van der Waals surface area (Å²) >= 11 is 12.0. The topological polar surface area (TPSA) is 54.0 Å². The Bertz CT molecular complexity index is 659. The number of hydrogen-bond acceptors (Lipinski definition) is 3. The van der Waals surface area contributed by atoms with Gasteiger partial charge in [0.25, 0.3) is 5.91 Å². The van der Waals surface area contributed by atoms with Gasteiger partial charge in [-0.1, -0.05) is 30.1 Å². The van der Waals surface area contributed by atoms with Gasteiger partial charge in [0, 0.05) is 11.1 Å². The van der Waals surface area contributed by atoms with Gasteiger partial charge in [0.1, 0.15) is 5.69 Å². The summed E-state index contributed by atoms with van der Waals surface area (Å²) < 4.78 is 0. The van der Waals surface area contributed by atoms with Gasteiger partial charge >= 0.3 is 0 Å². The van der Waals surface area contributed by atoms with E-state index in [-0.39, 0.29) is 11.9 Å². The number of nitrogens with zero attached hydrogens (tertiary/aromatic N) is 1. The SMILES string of the molecule is CCC(C)NC(=O)c1ccc(Nc2ccc(Cl)cc2Cl)cn1. The molecule has 116 valence electrons. The zero-order valence-corrected chi connectivity index (χ0v) is 13.9. The Balaban J connectivity index is 2.07. The van der Waals surface area contributed by atoms with E-state index in [4.69, 9.17) is 23.2 Å². The fourth-order valence-electron chi connectivity index (χ4n) is 1.75. The third-order valence-electron chi connectivity index (χ3n) is 3.20. The quantitative estimate of drug-likeness (QED) is 0.834. The molecule has 0 radical (unpaired) electrons. The molecule has 2 aromatic rings. The molecule has 1 unspecified atom stereocenters. The molecule has 1 amide bonds. The second kappa shape index (κ2) is 7.47. The Morgan fingerprint density at radius 2 is 2.05 bits per heavy atom. The summed E-state index contributed by atoms with van der Waals surface area (Å²) in [4.78, 5) is 16.1. The second-order valence-electron chi connectivity index (χ2n) is 4.96. The van der Waals surface area contributed by atoms with Crippen molar-refractivity contribution in [1.82, 2.24) is 10.3 Å². The van der Waals surface area contributed by atoms with E-state index in [2.05, 4.69) is 15.6 Å². The number of nitrogens with one attached hydrogen (secondary N) is 2.